The molecule has 1 aromatic rings. The van der Waals surface area contributed by atoms with Crippen molar-refractivity contribution in [2.75, 3.05) is 6.26 Å². The molecule has 2 saturated carbocycles. The van der Waals surface area contributed by atoms with Gasteiger partial charge in [-0.15, -0.1) is 11.8 Å². The zero-order chi connectivity index (χ0) is 18.7. The van der Waals surface area contributed by atoms with Crippen molar-refractivity contribution in [1.29, 1.82) is 0 Å². The van der Waals surface area contributed by atoms with Crippen LogP contribution in [0, 0.1) is 17.3 Å². The molecule has 3 unspecified atom stereocenters. The molecule has 0 radical (unpaired) electrons. The molecule has 3 aliphatic carbocycles. The standard InChI is InChI=1S/C19H27NO4S2/c1-19-8-7-12-13(15(19)5-6-18(19)21)4-3-11-9-16(24-26(20,22)23)17(25-2)10-14(11)12/h9-10,12-13,15,18,21H,3-8H2,1-2H3,(H2,20,22,23)/t12?,13?,15?,18-,19-/m0/s1. The zero-order valence-electron chi connectivity index (χ0n) is 15.3. The fourth-order valence-corrected chi connectivity index (χ4v) is 6.89. The zero-order valence-corrected chi connectivity index (χ0v) is 16.9. The molecule has 0 aliphatic heterocycles. The topological polar surface area (TPSA) is 89.6 Å². The third kappa shape index (κ3) is 2.97. The molecule has 0 saturated heterocycles. The second-order valence-corrected chi connectivity index (χ2v) is 10.3. The van der Waals surface area contributed by atoms with E-state index in [1.165, 1.54) is 22.9 Å². The summed E-state index contributed by atoms with van der Waals surface area (Å²) in [5, 5.41) is 15.6. The van der Waals surface area contributed by atoms with Crippen LogP contribution in [0.3, 0.4) is 0 Å². The van der Waals surface area contributed by atoms with Crippen LogP contribution in [0.25, 0.3) is 0 Å². The lowest BCUT2D eigenvalue weighted by Crippen LogP contribution is -2.43. The van der Waals surface area contributed by atoms with Gasteiger partial charge in [-0.2, -0.15) is 13.6 Å². The number of thioether (sulfide) groups is 1. The molecule has 0 aromatic heterocycles. The van der Waals surface area contributed by atoms with Crippen molar-refractivity contribution in [3.8, 4) is 5.75 Å². The molecule has 144 valence electrons. The molecule has 0 spiro atoms. The molecule has 0 heterocycles. The molecule has 3 N–H and O–H groups in total. The van der Waals surface area contributed by atoms with Crippen LogP contribution < -0.4 is 9.32 Å². The largest absolute Gasteiger partial charge is 0.393 e. The highest BCUT2D eigenvalue weighted by molar-refractivity contribution is 7.98. The first-order valence-electron chi connectivity index (χ1n) is 9.34. The van der Waals surface area contributed by atoms with Gasteiger partial charge in [0.15, 0.2) is 5.75 Å². The lowest BCUT2D eigenvalue weighted by Gasteiger charge is -2.50. The first-order valence-corrected chi connectivity index (χ1v) is 12.0. The fraction of sp³-hybridized carbons (Fsp3) is 0.684. The summed E-state index contributed by atoms with van der Waals surface area (Å²) in [4.78, 5) is 0.818. The predicted molar refractivity (Wildman–Crippen MR) is 103 cm³/mol. The van der Waals surface area contributed by atoms with Crippen LogP contribution in [0.1, 0.15) is 56.1 Å². The SMILES string of the molecule is CSc1cc2c(cc1OS(N)(=O)=O)CCC1C2CC[C@@]2(C)C1CC[C@@H]2O. The van der Waals surface area contributed by atoms with E-state index in [0.29, 0.717) is 23.5 Å². The Morgan fingerprint density at radius 1 is 1.27 bits per heavy atom. The highest BCUT2D eigenvalue weighted by atomic mass is 32.2. The number of aliphatic hydroxyl groups excluding tert-OH is 1. The summed E-state index contributed by atoms with van der Waals surface area (Å²) in [5.41, 5.74) is 2.60. The van der Waals surface area contributed by atoms with Crippen molar-refractivity contribution in [3.63, 3.8) is 0 Å². The monoisotopic (exact) mass is 397 g/mol. The van der Waals surface area contributed by atoms with E-state index in [1.807, 2.05) is 12.3 Å². The van der Waals surface area contributed by atoms with E-state index in [4.69, 9.17) is 9.32 Å². The fourth-order valence-electron chi connectivity index (χ4n) is 5.90. The number of aliphatic hydroxyl groups is 1. The summed E-state index contributed by atoms with van der Waals surface area (Å²) < 4.78 is 27.8. The third-order valence-corrected chi connectivity index (χ3v) is 8.34. The lowest BCUT2D eigenvalue weighted by molar-refractivity contribution is -0.0226. The minimum atomic E-state index is -4.03. The molecule has 1 aromatic carbocycles. The smallest absolute Gasteiger partial charge is 0.380 e. The van der Waals surface area contributed by atoms with E-state index >= 15 is 0 Å². The van der Waals surface area contributed by atoms with Gasteiger partial charge in [-0.3, -0.25) is 0 Å². The van der Waals surface area contributed by atoms with Crippen LogP contribution in [-0.2, 0) is 16.7 Å². The van der Waals surface area contributed by atoms with Crippen LogP contribution in [0.4, 0.5) is 0 Å². The van der Waals surface area contributed by atoms with Crippen molar-refractivity contribution in [2.45, 2.75) is 62.4 Å². The van der Waals surface area contributed by atoms with Crippen LogP contribution in [0.15, 0.2) is 17.0 Å². The van der Waals surface area contributed by atoms with Crippen molar-refractivity contribution in [3.05, 3.63) is 23.3 Å². The van der Waals surface area contributed by atoms with E-state index in [0.717, 1.165) is 43.4 Å². The number of aryl methyl sites for hydroxylation is 1. The number of rotatable bonds is 3. The maximum absolute atomic E-state index is 11.4. The Bertz CT molecular complexity index is 825. The Labute approximate surface area is 159 Å². The first kappa shape index (κ1) is 18.6. The van der Waals surface area contributed by atoms with Crippen molar-refractivity contribution in [1.82, 2.24) is 0 Å². The molecule has 26 heavy (non-hydrogen) atoms. The summed E-state index contributed by atoms with van der Waals surface area (Å²) >= 11 is 1.48. The van der Waals surface area contributed by atoms with Gasteiger partial charge in [0.25, 0.3) is 0 Å². The molecule has 0 bridgehead atoms. The molecule has 4 rings (SSSR count). The highest BCUT2D eigenvalue weighted by Gasteiger charge is 2.54. The van der Waals surface area contributed by atoms with E-state index in [2.05, 4.69) is 13.0 Å². The van der Waals surface area contributed by atoms with Crippen LogP contribution in [-0.4, -0.2) is 25.9 Å². The Hall–Kier alpha value is -0.760. The predicted octanol–water partition coefficient (Wildman–Crippen LogP) is 3.21. The van der Waals surface area contributed by atoms with E-state index in [1.54, 1.807) is 0 Å². The second-order valence-electron chi connectivity index (χ2n) is 8.33. The van der Waals surface area contributed by atoms with Gasteiger partial charge in [0.1, 0.15) is 0 Å². The van der Waals surface area contributed by atoms with Crippen molar-refractivity contribution >= 4 is 22.1 Å². The molecule has 7 heteroatoms. The second kappa shape index (κ2) is 6.40. The van der Waals surface area contributed by atoms with Gasteiger partial charge >= 0.3 is 10.3 Å². The molecular formula is C19H27NO4S2. The van der Waals surface area contributed by atoms with Gasteiger partial charge in [-0.05, 0) is 91.2 Å². The summed E-state index contributed by atoms with van der Waals surface area (Å²) in [6.45, 7) is 2.28. The van der Waals surface area contributed by atoms with Gasteiger partial charge in [0.05, 0.1) is 11.0 Å². The number of benzene rings is 1. The Morgan fingerprint density at radius 3 is 2.73 bits per heavy atom. The lowest BCUT2D eigenvalue weighted by atomic mass is 9.55. The average Bonchev–Trinajstić information content (AvgIpc) is 2.88. The Balaban J connectivity index is 1.70. The van der Waals surface area contributed by atoms with Gasteiger partial charge in [0, 0.05) is 0 Å². The minimum Gasteiger partial charge on any atom is -0.393 e. The minimum absolute atomic E-state index is 0.0671. The summed E-state index contributed by atoms with van der Waals surface area (Å²) in [7, 11) is -4.03. The number of fused-ring (bicyclic) bond motifs is 5. The number of hydrogen-bond donors (Lipinski definition) is 2. The molecule has 0 amide bonds. The van der Waals surface area contributed by atoms with Gasteiger partial charge in [0.2, 0.25) is 0 Å². The third-order valence-electron chi connectivity index (χ3n) is 7.16. The van der Waals surface area contributed by atoms with Crippen LogP contribution in [0.5, 0.6) is 5.75 Å². The van der Waals surface area contributed by atoms with Crippen LogP contribution in [0.2, 0.25) is 0 Å². The number of hydrogen-bond acceptors (Lipinski definition) is 5. The quantitative estimate of drug-likeness (QED) is 0.765. The van der Waals surface area contributed by atoms with Crippen LogP contribution >= 0.6 is 11.8 Å². The molecule has 5 atom stereocenters. The average molecular weight is 398 g/mol. The van der Waals surface area contributed by atoms with Gasteiger partial charge in [-0.1, -0.05) is 6.92 Å². The van der Waals surface area contributed by atoms with E-state index in [9.17, 15) is 13.5 Å². The molecular weight excluding hydrogens is 370 g/mol. The van der Waals surface area contributed by atoms with Crippen molar-refractivity contribution in [2.24, 2.45) is 22.4 Å². The van der Waals surface area contributed by atoms with Gasteiger partial charge < -0.3 is 9.29 Å². The molecule has 2 fully saturated rings. The Kier molecular flexibility index (Phi) is 4.58. The van der Waals surface area contributed by atoms with E-state index < -0.39 is 10.3 Å². The Morgan fingerprint density at radius 2 is 2.04 bits per heavy atom. The summed E-state index contributed by atoms with van der Waals surface area (Å²) in [6, 6.07) is 3.99. The number of nitrogens with two attached hydrogens (primary N) is 1. The van der Waals surface area contributed by atoms with E-state index in [-0.39, 0.29) is 11.5 Å². The highest BCUT2D eigenvalue weighted by Crippen LogP contribution is 2.61. The van der Waals surface area contributed by atoms with Crippen molar-refractivity contribution < 1.29 is 17.7 Å². The summed E-state index contributed by atoms with van der Waals surface area (Å²) in [5.74, 6) is 2.03. The molecule has 5 nitrogen and oxygen atoms in total. The van der Waals surface area contributed by atoms with Gasteiger partial charge in [-0.25, -0.2) is 0 Å². The maximum atomic E-state index is 11.4. The maximum Gasteiger partial charge on any atom is 0.380 e. The normalized spacial score (nSPS) is 36.2. The first-order chi connectivity index (χ1) is 12.2. The molecule has 3 aliphatic rings. The summed E-state index contributed by atoms with van der Waals surface area (Å²) in [6.07, 6.45) is 7.97.